The van der Waals surface area contributed by atoms with Crippen molar-refractivity contribution in [2.24, 2.45) is 0 Å². The number of nitrogens with zero attached hydrogens (tertiary/aromatic N) is 1. The number of aromatic nitrogens is 1. The first-order chi connectivity index (χ1) is 9.34. The molecule has 1 aromatic carbocycles. The number of carbonyl (C=O) groups excluding carboxylic acids is 1. The number of carbonyl (C=O) groups is 1. The molecule has 0 radical (unpaired) electrons. The molecule has 96 valence electrons. The van der Waals surface area contributed by atoms with Crippen molar-refractivity contribution in [3.05, 3.63) is 59.8 Å². The van der Waals surface area contributed by atoms with Gasteiger partial charge in [0.1, 0.15) is 11.9 Å². The summed E-state index contributed by atoms with van der Waals surface area (Å²) in [6.45, 7) is 0.817. The molecule has 0 saturated heterocycles. The number of nitrogens with one attached hydrogen (secondary N) is 2. The predicted molar refractivity (Wildman–Crippen MR) is 73.8 cm³/mol. The fraction of sp³-hybridized carbons (Fsp3) is 0.200. The topological polar surface area (TPSA) is 54.0 Å². The summed E-state index contributed by atoms with van der Waals surface area (Å²) in [4.78, 5) is 16.4. The van der Waals surface area contributed by atoms with E-state index in [1.807, 2.05) is 30.3 Å². The van der Waals surface area contributed by atoms with Crippen molar-refractivity contribution in [2.75, 3.05) is 11.9 Å². The highest BCUT2D eigenvalue weighted by molar-refractivity contribution is 5.95. The van der Waals surface area contributed by atoms with Gasteiger partial charge in [0.05, 0.1) is 0 Å². The Balaban J connectivity index is 1.82. The van der Waals surface area contributed by atoms with Crippen LogP contribution in [-0.4, -0.2) is 17.4 Å². The molecule has 0 aliphatic carbocycles. The summed E-state index contributed by atoms with van der Waals surface area (Å²) in [5, 5.41) is 6.10. The van der Waals surface area contributed by atoms with E-state index >= 15 is 0 Å². The number of anilines is 1. The molecule has 0 bridgehead atoms. The van der Waals surface area contributed by atoms with Crippen molar-refractivity contribution < 1.29 is 4.79 Å². The molecular weight excluding hydrogens is 238 g/mol. The Hall–Kier alpha value is -2.20. The fourth-order valence-electron chi connectivity index (χ4n) is 2.37. The van der Waals surface area contributed by atoms with Crippen LogP contribution in [0.25, 0.3) is 0 Å². The summed E-state index contributed by atoms with van der Waals surface area (Å²) in [6.07, 6.45) is 2.63. The van der Waals surface area contributed by atoms with Crippen molar-refractivity contribution in [3.63, 3.8) is 0 Å². The van der Waals surface area contributed by atoms with Gasteiger partial charge in [0.25, 0.3) is 0 Å². The summed E-state index contributed by atoms with van der Waals surface area (Å²) in [5.74, 6) is 0.517. The maximum atomic E-state index is 12.3. The van der Waals surface area contributed by atoms with E-state index in [0.717, 1.165) is 18.5 Å². The van der Waals surface area contributed by atoms with Gasteiger partial charge < -0.3 is 10.6 Å². The Bertz CT molecular complexity index is 583. The quantitative estimate of drug-likeness (QED) is 0.859. The molecule has 3 rings (SSSR count). The molecule has 1 atom stereocenters. The number of fused-ring (bicyclic) bond motifs is 1. The van der Waals surface area contributed by atoms with Crippen LogP contribution < -0.4 is 10.6 Å². The van der Waals surface area contributed by atoms with Gasteiger partial charge in [0.15, 0.2) is 0 Å². The van der Waals surface area contributed by atoms with Crippen LogP contribution >= 0.6 is 0 Å². The number of rotatable bonds is 2. The first-order valence-corrected chi connectivity index (χ1v) is 6.38. The fourth-order valence-corrected chi connectivity index (χ4v) is 2.37. The SMILES string of the molecule is O=C(Nc1ccccn1)C1NCCc2ccccc21. The van der Waals surface area contributed by atoms with Gasteiger partial charge in [0, 0.05) is 12.7 Å². The summed E-state index contributed by atoms with van der Waals surface area (Å²) in [6, 6.07) is 13.2. The maximum absolute atomic E-state index is 12.3. The smallest absolute Gasteiger partial charge is 0.247 e. The minimum atomic E-state index is -0.299. The summed E-state index contributed by atoms with van der Waals surface area (Å²) < 4.78 is 0. The van der Waals surface area contributed by atoms with Crippen LogP contribution in [0.2, 0.25) is 0 Å². The minimum absolute atomic E-state index is 0.0640. The third-order valence-corrected chi connectivity index (χ3v) is 3.29. The lowest BCUT2D eigenvalue weighted by Gasteiger charge is -2.25. The van der Waals surface area contributed by atoms with Crippen LogP contribution in [0.5, 0.6) is 0 Å². The Morgan fingerprint density at radius 3 is 2.89 bits per heavy atom. The highest BCUT2D eigenvalue weighted by Crippen LogP contribution is 2.23. The van der Waals surface area contributed by atoms with Crippen molar-refractivity contribution in [1.29, 1.82) is 0 Å². The molecule has 1 unspecified atom stereocenters. The third-order valence-electron chi connectivity index (χ3n) is 3.29. The number of hydrogen-bond donors (Lipinski definition) is 2. The van der Waals surface area contributed by atoms with E-state index in [1.54, 1.807) is 12.3 Å². The molecule has 2 N–H and O–H groups in total. The van der Waals surface area contributed by atoms with Gasteiger partial charge in [-0.2, -0.15) is 0 Å². The standard InChI is InChI=1S/C15H15N3O/c19-15(18-13-7-3-4-9-16-13)14-12-6-2-1-5-11(12)8-10-17-14/h1-7,9,14,17H,8,10H2,(H,16,18,19). The number of pyridine rings is 1. The van der Waals surface area contributed by atoms with E-state index in [9.17, 15) is 4.79 Å². The third kappa shape index (κ3) is 2.48. The van der Waals surface area contributed by atoms with Crippen LogP contribution in [0.4, 0.5) is 5.82 Å². The van der Waals surface area contributed by atoms with Crippen molar-refractivity contribution >= 4 is 11.7 Å². The van der Waals surface area contributed by atoms with E-state index in [2.05, 4.69) is 21.7 Å². The highest BCUT2D eigenvalue weighted by Gasteiger charge is 2.25. The first-order valence-electron chi connectivity index (χ1n) is 6.38. The first kappa shape index (κ1) is 11.9. The van der Waals surface area contributed by atoms with Crippen LogP contribution in [0, 0.1) is 0 Å². The van der Waals surface area contributed by atoms with Crippen molar-refractivity contribution in [3.8, 4) is 0 Å². The molecule has 1 aromatic heterocycles. The molecule has 0 spiro atoms. The van der Waals surface area contributed by atoms with E-state index in [0.29, 0.717) is 5.82 Å². The molecule has 2 heterocycles. The van der Waals surface area contributed by atoms with Gasteiger partial charge in [-0.05, 0) is 29.7 Å². The summed E-state index contributed by atoms with van der Waals surface area (Å²) in [7, 11) is 0. The van der Waals surface area contributed by atoms with E-state index in [1.165, 1.54) is 5.56 Å². The average Bonchev–Trinajstić information content (AvgIpc) is 2.47. The lowest BCUT2D eigenvalue weighted by molar-refractivity contribution is -0.118. The second-order valence-electron chi connectivity index (χ2n) is 4.54. The second-order valence-corrected chi connectivity index (χ2v) is 4.54. The average molecular weight is 253 g/mol. The second kappa shape index (κ2) is 5.20. The molecule has 0 saturated carbocycles. The van der Waals surface area contributed by atoms with E-state index in [-0.39, 0.29) is 11.9 Å². The molecule has 19 heavy (non-hydrogen) atoms. The molecule has 2 aromatic rings. The Morgan fingerprint density at radius 1 is 1.21 bits per heavy atom. The van der Waals surface area contributed by atoms with Crippen LogP contribution in [0.15, 0.2) is 48.7 Å². The Labute approximate surface area is 111 Å². The molecule has 1 amide bonds. The largest absolute Gasteiger partial charge is 0.309 e. The minimum Gasteiger partial charge on any atom is -0.309 e. The zero-order chi connectivity index (χ0) is 13.1. The van der Waals surface area contributed by atoms with Gasteiger partial charge in [-0.1, -0.05) is 30.3 Å². The van der Waals surface area contributed by atoms with Gasteiger partial charge in [0.2, 0.25) is 5.91 Å². The Morgan fingerprint density at radius 2 is 2.05 bits per heavy atom. The van der Waals surface area contributed by atoms with Gasteiger partial charge >= 0.3 is 0 Å². The summed E-state index contributed by atoms with van der Waals surface area (Å²) >= 11 is 0. The number of benzene rings is 1. The highest BCUT2D eigenvalue weighted by atomic mass is 16.2. The molecule has 1 aliphatic rings. The zero-order valence-corrected chi connectivity index (χ0v) is 10.5. The number of hydrogen-bond acceptors (Lipinski definition) is 3. The zero-order valence-electron chi connectivity index (χ0n) is 10.5. The van der Waals surface area contributed by atoms with Gasteiger partial charge in [-0.25, -0.2) is 4.98 Å². The van der Waals surface area contributed by atoms with E-state index < -0.39 is 0 Å². The predicted octanol–water partition coefficient (Wildman–Crippen LogP) is 1.91. The van der Waals surface area contributed by atoms with E-state index in [4.69, 9.17) is 0 Å². The maximum Gasteiger partial charge on any atom is 0.247 e. The number of amides is 1. The monoisotopic (exact) mass is 253 g/mol. The van der Waals surface area contributed by atoms with Crippen molar-refractivity contribution in [2.45, 2.75) is 12.5 Å². The molecule has 1 aliphatic heterocycles. The van der Waals surface area contributed by atoms with Gasteiger partial charge in [-0.15, -0.1) is 0 Å². The Kier molecular flexibility index (Phi) is 3.25. The van der Waals surface area contributed by atoms with Crippen LogP contribution in [0.1, 0.15) is 17.2 Å². The molecule has 4 heteroatoms. The van der Waals surface area contributed by atoms with Crippen LogP contribution in [0.3, 0.4) is 0 Å². The molecule has 0 fully saturated rings. The molecular formula is C15H15N3O. The van der Waals surface area contributed by atoms with Crippen molar-refractivity contribution in [1.82, 2.24) is 10.3 Å². The summed E-state index contributed by atoms with van der Waals surface area (Å²) in [5.41, 5.74) is 2.30. The normalized spacial score (nSPS) is 17.6. The molecule has 4 nitrogen and oxygen atoms in total. The van der Waals surface area contributed by atoms with Crippen LogP contribution in [-0.2, 0) is 11.2 Å². The van der Waals surface area contributed by atoms with Gasteiger partial charge in [-0.3, -0.25) is 4.79 Å². The lowest BCUT2D eigenvalue weighted by atomic mass is 9.94. The lowest BCUT2D eigenvalue weighted by Crippen LogP contribution is -2.38.